The molecule has 0 amide bonds. The van der Waals surface area contributed by atoms with Crippen molar-refractivity contribution in [1.82, 2.24) is 5.32 Å². The van der Waals surface area contributed by atoms with Gasteiger partial charge in [0.15, 0.2) is 0 Å². The number of rotatable bonds is 7. The van der Waals surface area contributed by atoms with E-state index in [1.807, 2.05) is 38.1 Å². The van der Waals surface area contributed by atoms with Crippen LogP contribution >= 0.6 is 0 Å². The van der Waals surface area contributed by atoms with Gasteiger partial charge in [-0.1, -0.05) is 25.1 Å². The van der Waals surface area contributed by atoms with Crippen LogP contribution < -0.4 is 10.1 Å². The van der Waals surface area contributed by atoms with Gasteiger partial charge >= 0.3 is 0 Å². The second kappa shape index (κ2) is 7.15. The quantitative estimate of drug-likeness (QED) is 0.775. The number of aryl methyl sites for hydroxylation is 2. The summed E-state index contributed by atoms with van der Waals surface area (Å²) >= 11 is 0. The maximum Gasteiger partial charge on any atom is 0.146 e. The van der Waals surface area contributed by atoms with Gasteiger partial charge in [-0.2, -0.15) is 0 Å². The zero-order valence-electron chi connectivity index (χ0n) is 12.5. The maximum atomic E-state index is 5.80. The first-order chi connectivity index (χ1) is 9.70. The average Bonchev–Trinajstić information content (AvgIpc) is 2.79. The van der Waals surface area contributed by atoms with Crippen molar-refractivity contribution in [2.45, 2.75) is 40.3 Å². The second-order valence-electron chi connectivity index (χ2n) is 5.03. The highest BCUT2D eigenvalue weighted by Crippen LogP contribution is 2.20. The maximum absolute atomic E-state index is 5.80. The molecule has 0 fully saturated rings. The lowest BCUT2D eigenvalue weighted by molar-refractivity contribution is 0.266. The molecule has 0 spiro atoms. The van der Waals surface area contributed by atoms with E-state index in [0.717, 1.165) is 42.3 Å². The van der Waals surface area contributed by atoms with Crippen molar-refractivity contribution in [1.29, 1.82) is 0 Å². The minimum Gasteiger partial charge on any atom is -0.485 e. The molecule has 0 radical (unpaired) electrons. The van der Waals surface area contributed by atoms with E-state index in [1.165, 1.54) is 5.56 Å². The predicted molar refractivity (Wildman–Crippen MR) is 81.0 cm³/mol. The van der Waals surface area contributed by atoms with Gasteiger partial charge in [-0.05, 0) is 44.5 Å². The topological polar surface area (TPSA) is 34.4 Å². The van der Waals surface area contributed by atoms with Crippen molar-refractivity contribution >= 4 is 0 Å². The Morgan fingerprint density at radius 1 is 1.20 bits per heavy atom. The van der Waals surface area contributed by atoms with E-state index in [9.17, 15) is 0 Å². The summed E-state index contributed by atoms with van der Waals surface area (Å²) in [5.74, 6) is 2.75. The molecule has 2 rings (SSSR count). The van der Waals surface area contributed by atoms with E-state index in [2.05, 4.69) is 18.3 Å². The normalized spacial score (nSPS) is 10.8. The first kappa shape index (κ1) is 14.7. The summed E-state index contributed by atoms with van der Waals surface area (Å²) in [6.45, 7) is 8.56. The van der Waals surface area contributed by atoms with Gasteiger partial charge in [-0.25, -0.2) is 0 Å². The molecule has 3 nitrogen and oxygen atoms in total. The highest BCUT2D eigenvalue weighted by Gasteiger charge is 2.08. The Labute approximate surface area is 121 Å². The Morgan fingerprint density at radius 2 is 2.00 bits per heavy atom. The molecule has 0 unspecified atom stereocenters. The zero-order chi connectivity index (χ0) is 14.4. The number of ether oxygens (including phenoxy) is 1. The lowest BCUT2D eigenvalue weighted by Crippen LogP contribution is -2.13. The van der Waals surface area contributed by atoms with E-state index in [-0.39, 0.29) is 0 Å². The third-order valence-electron chi connectivity index (χ3n) is 3.28. The zero-order valence-corrected chi connectivity index (χ0v) is 12.5. The number of benzene rings is 1. The van der Waals surface area contributed by atoms with Crippen LogP contribution in [0.5, 0.6) is 5.75 Å². The lowest BCUT2D eigenvalue weighted by Gasteiger charge is -2.06. The van der Waals surface area contributed by atoms with E-state index in [4.69, 9.17) is 9.15 Å². The molecular formula is C17H23NO2. The average molecular weight is 273 g/mol. The van der Waals surface area contributed by atoms with E-state index in [0.29, 0.717) is 6.61 Å². The van der Waals surface area contributed by atoms with E-state index >= 15 is 0 Å². The van der Waals surface area contributed by atoms with Crippen molar-refractivity contribution in [3.8, 4) is 5.75 Å². The summed E-state index contributed by atoms with van der Waals surface area (Å²) in [5.41, 5.74) is 2.35. The summed E-state index contributed by atoms with van der Waals surface area (Å²) < 4.78 is 11.5. The fraction of sp³-hybridized carbons (Fsp3) is 0.412. The highest BCUT2D eigenvalue weighted by molar-refractivity contribution is 5.32. The molecule has 1 N–H and O–H groups in total. The van der Waals surface area contributed by atoms with Crippen molar-refractivity contribution < 1.29 is 9.15 Å². The minimum absolute atomic E-state index is 0.472. The van der Waals surface area contributed by atoms with Crippen LogP contribution in [0.4, 0.5) is 0 Å². The van der Waals surface area contributed by atoms with Gasteiger partial charge in [-0.15, -0.1) is 0 Å². The fourth-order valence-electron chi connectivity index (χ4n) is 2.10. The fourth-order valence-corrected chi connectivity index (χ4v) is 2.10. The van der Waals surface area contributed by atoms with Gasteiger partial charge in [0.2, 0.25) is 0 Å². The molecule has 1 aromatic heterocycles. The van der Waals surface area contributed by atoms with Crippen molar-refractivity contribution in [2.24, 2.45) is 0 Å². The number of nitrogens with one attached hydrogen (secondary N) is 1. The van der Waals surface area contributed by atoms with Crippen LogP contribution in [-0.2, 0) is 13.2 Å². The predicted octanol–water partition coefficient (Wildman–Crippen LogP) is 3.98. The van der Waals surface area contributed by atoms with Crippen molar-refractivity contribution in [2.75, 3.05) is 6.54 Å². The molecular weight excluding hydrogens is 250 g/mol. The van der Waals surface area contributed by atoms with Gasteiger partial charge in [0.25, 0.3) is 0 Å². The summed E-state index contributed by atoms with van der Waals surface area (Å²) in [6, 6.07) is 10.1. The molecule has 1 aromatic carbocycles. The molecule has 1 heterocycles. The monoisotopic (exact) mass is 273 g/mol. The van der Waals surface area contributed by atoms with Gasteiger partial charge in [0.1, 0.15) is 23.9 Å². The number of para-hydroxylation sites is 1. The standard InChI is InChI=1S/C17H23NO2/c1-4-9-18-11-15-10-16(20-14(15)3)12-19-17-8-6-5-7-13(17)2/h5-8,10,18H,4,9,11-12H2,1-3H3. The summed E-state index contributed by atoms with van der Waals surface area (Å²) in [4.78, 5) is 0. The van der Waals surface area contributed by atoms with Gasteiger partial charge < -0.3 is 14.5 Å². The number of hydrogen-bond donors (Lipinski definition) is 1. The Morgan fingerprint density at radius 3 is 2.75 bits per heavy atom. The summed E-state index contributed by atoms with van der Waals surface area (Å²) in [5, 5.41) is 3.39. The van der Waals surface area contributed by atoms with Crippen LogP contribution in [0.3, 0.4) is 0 Å². The molecule has 20 heavy (non-hydrogen) atoms. The molecule has 0 atom stereocenters. The van der Waals surface area contributed by atoms with Crippen LogP contribution in [0.15, 0.2) is 34.7 Å². The summed E-state index contributed by atoms with van der Waals surface area (Å²) in [6.07, 6.45) is 1.14. The molecule has 0 aliphatic heterocycles. The van der Waals surface area contributed by atoms with E-state index < -0.39 is 0 Å². The molecule has 2 aromatic rings. The van der Waals surface area contributed by atoms with E-state index in [1.54, 1.807) is 0 Å². The number of hydrogen-bond acceptors (Lipinski definition) is 3. The third-order valence-corrected chi connectivity index (χ3v) is 3.28. The van der Waals surface area contributed by atoms with Crippen LogP contribution in [0.25, 0.3) is 0 Å². The molecule has 108 valence electrons. The molecule has 3 heteroatoms. The summed E-state index contributed by atoms with van der Waals surface area (Å²) in [7, 11) is 0. The number of furan rings is 1. The molecule has 0 aliphatic rings. The SMILES string of the molecule is CCCNCc1cc(COc2ccccc2C)oc1C. The first-order valence-electron chi connectivity index (χ1n) is 7.18. The van der Waals surface area contributed by atoms with Crippen LogP contribution in [-0.4, -0.2) is 6.54 Å². The van der Waals surface area contributed by atoms with Gasteiger partial charge in [-0.3, -0.25) is 0 Å². The Bertz CT molecular complexity index is 546. The third kappa shape index (κ3) is 3.87. The molecule has 0 saturated carbocycles. The van der Waals surface area contributed by atoms with Crippen molar-refractivity contribution in [3.05, 3.63) is 53.0 Å². The van der Waals surface area contributed by atoms with Gasteiger partial charge in [0, 0.05) is 12.1 Å². The lowest BCUT2D eigenvalue weighted by atomic mass is 10.2. The Hall–Kier alpha value is -1.74. The largest absolute Gasteiger partial charge is 0.485 e. The second-order valence-corrected chi connectivity index (χ2v) is 5.03. The Kier molecular flexibility index (Phi) is 5.24. The first-order valence-corrected chi connectivity index (χ1v) is 7.18. The molecule has 0 aliphatic carbocycles. The molecule has 0 saturated heterocycles. The highest BCUT2D eigenvalue weighted by atomic mass is 16.5. The smallest absolute Gasteiger partial charge is 0.146 e. The van der Waals surface area contributed by atoms with Crippen LogP contribution in [0, 0.1) is 13.8 Å². The van der Waals surface area contributed by atoms with Crippen LogP contribution in [0.1, 0.15) is 36.0 Å². The van der Waals surface area contributed by atoms with Gasteiger partial charge in [0.05, 0.1) is 0 Å². The molecule has 0 bridgehead atoms. The minimum atomic E-state index is 0.472. The van der Waals surface area contributed by atoms with Crippen molar-refractivity contribution in [3.63, 3.8) is 0 Å². The van der Waals surface area contributed by atoms with Crippen LogP contribution in [0.2, 0.25) is 0 Å². The Balaban J connectivity index is 1.93.